The summed E-state index contributed by atoms with van der Waals surface area (Å²) in [5.74, 6) is -0.191. The Balaban J connectivity index is 1.74. The van der Waals surface area contributed by atoms with Gasteiger partial charge in [-0.05, 0) is 49.6 Å². The van der Waals surface area contributed by atoms with Gasteiger partial charge in [0.25, 0.3) is 11.8 Å². The second-order valence-corrected chi connectivity index (χ2v) is 5.61. The molecule has 1 N–H and O–H groups in total. The zero-order valence-corrected chi connectivity index (χ0v) is 13.0. The van der Waals surface area contributed by atoms with Gasteiger partial charge < -0.3 is 10.2 Å². The number of nitrogens with one attached hydrogen (secondary N) is 1. The highest BCUT2D eigenvalue weighted by Crippen LogP contribution is 2.20. The molecule has 2 amide bonds. The summed E-state index contributed by atoms with van der Waals surface area (Å²) in [4.78, 5) is 26.4. The minimum atomic E-state index is -0.249. The Morgan fingerprint density at radius 3 is 2.52 bits per heavy atom. The average Bonchev–Trinajstić information content (AvgIpc) is 3.11. The van der Waals surface area contributed by atoms with E-state index in [2.05, 4.69) is 15.5 Å². The van der Waals surface area contributed by atoms with Crippen molar-refractivity contribution in [1.29, 1.82) is 0 Å². The lowest BCUT2D eigenvalue weighted by molar-refractivity contribution is 0.0792. The van der Waals surface area contributed by atoms with Crippen LogP contribution < -0.4 is 5.32 Å². The Hall–Kier alpha value is -2.76. The van der Waals surface area contributed by atoms with E-state index in [1.165, 1.54) is 12.4 Å². The normalized spacial score (nSPS) is 13.9. The second-order valence-electron chi connectivity index (χ2n) is 5.61. The minimum absolute atomic E-state index is 0.0572. The van der Waals surface area contributed by atoms with Crippen molar-refractivity contribution in [3.8, 4) is 0 Å². The molecule has 0 aliphatic carbocycles. The van der Waals surface area contributed by atoms with Gasteiger partial charge in [0.1, 0.15) is 0 Å². The van der Waals surface area contributed by atoms with Crippen molar-refractivity contribution >= 4 is 17.5 Å². The third-order valence-electron chi connectivity index (χ3n) is 3.96. The lowest BCUT2D eigenvalue weighted by Crippen LogP contribution is -2.27. The fourth-order valence-electron chi connectivity index (χ4n) is 2.66. The molecule has 1 fully saturated rings. The topological polar surface area (TPSA) is 75.2 Å². The van der Waals surface area contributed by atoms with Crippen molar-refractivity contribution in [3.05, 3.63) is 53.3 Å². The van der Waals surface area contributed by atoms with Crippen LogP contribution >= 0.6 is 0 Å². The van der Waals surface area contributed by atoms with E-state index < -0.39 is 0 Å². The molecular weight excluding hydrogens is 292 g/mol. The Morgan fingerprint density at radius 1 is 1.09 bits per heavy atom. The average molecular weight is 310 g/mol. The van der Waals surface area contributed by atoms with E-state index in [0.29, 0.717) is 16.8 Å². The maximum absolute atomic E-state index is 12.4. The molecule has 0 radical (unpaired) electrons. The van der Waals surface area contributed by atoms with E-state index in [-0.39, 0.29) is 11.8 Å². The van der Waals surface area contributed by atoms with Crippen molar-refractivity contribution in [2.24, 2.45) is 0 Å². The van der Waals surface area contributed by atoms with Gasteiger partial charge in [0.15, 0.2) is 0 Å². The van der Waals surface area contributed by atoms with Gasteiger partial charge in [-0.1, -0.05) is 0 Å². The fourth-order valence-corrected chi connectivity index (χ4v) is 2.66. The molecule has 23 heavy (non-hydrogen) atoms. The van der Waals surface area contributed by atoms with Crippen LogP contribution in [0.1, 0.15) is 39.1 Å². The zero-order chi connectivity index (χ0) is 16.2. The van der Waals surface area contributed by atoms with Crippen LogP contribution in [0.2, 0.25) is 0 Å². The lowest BCUT2D eigenvalue weighted by Gasteiger charge is -2.16. The van der Waals surface area contributed by atoms with Gasteiger partial charge in [0, 0.05) is 24.3 Å². The first-order valence-electron chi connectivity index (χ1n) is 7.63. The number of aromatic nitrogens is 2. The number of anilines is 1. The summed E-state index contributed by atoms with van der Waals surface area (Å²) in [5.41, 5.74) is 2.64. The molecule has 0 atom stereocenters. The maximum Gasteiger partial charge on any atom is 0.257 e. The van der Waals surface area contributed by atoms with E-state index in [1.807, 2.05) is 17.9 Å². The molecule has 0 bridgehead atoms. The van der Waals surface area contributed by atoms with Crippen molar-refractivity contribution in [2.45, 2.75) is 19.8 Å². The molecule has 6 nitrogen and oxygen atoms in total. The van der Waals surface area contributed by atoms with Crippen LogP contribution in [0.25, 0.3) is 0 Å². The van der Waals surface area contributed by atoms with Gasteiger partial charge in [0.2, 0.25) is 0 Å². The highest BCUT2D eigenvalue weighted by Gasteiger charge is 2.20. The quantitative estimate of drug-likeness (QED) is 0.943. The molecule has 1 aliphatic rings. The molecule has 118 valence electrons. The summed E-state index contributed by atoms with van der Waals surface area (Å²) in [6, 6.07) is 6.95. The molecular formula is C17H18N4O2. The predicted molar refractivity (Wildman–Crippen MR) is 86.3 cm³/mol. The molecule has 3 rings (SSSR count). The fraction of sp³-hybridized carbons (Fsp3) is 0.294. The Morgan fingerprint density at radius 2 is 1.87 bits per heavy atom. The standard InChI is InChI=1S/C17H18N4O2/c1-12-10-13(17(23)21-8-2-3-9-21)4-5-15(12)20-16(22)14-6-7-18-19-11-14/h4-7,10-11H,2-3,8-9H2,1H3,(H,20,22). The van der Waals surface area contributed by atoms with Gasteiger partial charge in [-0.3, -0.25) is 9.59 Å². The number of carbonyl (C=O) groups excluding carboxylic acids is 2. The molecule has 1 aliphatic heterocycles. The molecule has 0 unspecified atom stereocenters. The number of benzene rings is 1. The smallest absolute Gasteiger partial charge is 0.257 e. The first kappa shape index (κ1) is 15.1. The Bertz CT molecular complexity index is 725. The molecule has 6 heteroatoms. The number of hydrogen-bond acceptors (Lipinski definition) is 4. The Labute approximate surface area is 134 Å². The van der Waals surface area contributed by atoms with Crippen LogP contribution in [-0.2, 0) is 0 Å². The van der Waals surface area contributed by atoms with E-state index in [4.69, 9.17) is 0 Å². The molecule has 1 saturated heterocycles. The van der Waals surface area contributed by atoms with Crippen molar-refractivity contribution < 1.29 is 9.59 Å². The maximum atomic E-state index is 12.4. The summed E-state index contributed by atoms with van der Waals surface area (Å²) < 4.78 is 0. The largest absolute Gasteiger partial charge is 0.339 e. The van der Waals surface area contributed by atoms with Gasteiger partial charge >= 0.3 is 0 Å². The first-order valence-corrected chi connectivity index (χ1v) is 7.63. The van der Waals surface area contributed by atoms with Gasteiger partial charge in [-0.25, -0.2) is 0 Å². The third-order valence-corrected chi connectivity index (χ3v) is 3.96. The van der Waals surface area contributed by atoms with Crippen LogP contribution in [0.3, 0.4) is 0 Å². The van der Waals surface area contributed by atoms with E-state index in [1.54, 1.807) is 18.2 Å². The number of carbonyl (C=O) groups is 2. The second kappa shape index (κ2) is 6.56. The number of nitrogens with zero attached hydrogens (tertiary/aromatic N) is 3. The minimum Gasteiger partial charge on any atom is -0.339 e. The molecule has 0 saturated carbocycles. The summed E-state index contributed by atoms with van der Waals surface area (Å²) in [6.45, 7) is 3.53. The van der Waals surface area contributed by atoms with Crippen LogP contribution in [0.5, 0.6) is 0 Å². The SMILES string of the molecule is Cc1cc(C(=O)N2CCCC2)ccc1NC(=O)c1ccnnc1. The summed E-state index contributed by atoms with van der Waals surface area (Å²) >= 11 is 0. The van der Waals surface area contributed by atoms with Crippen LogP contribution in [0.4, 0.5) is 5.69 Å². The number of rotatable bonds is 3. The number of likely N-dealkylation sites (tertiary alicyclic amines) is 1. The van der Waals surface area contributed by atoms with Crippen molar-refractivity contribution in [1.82, 2.24) is 15.1 Å². The van der Waals surface area contributed by atoms with Crippen molar-refractivity contribution in [2.75, 3.05) is 18.4 Å². The van der Waals surface area contributed by atoms with Crippen LogP contribution in [0, 0.1) is 6.92 Å². The van der Waals surface area contributed by atoms with Gasteiger partial charge in [-0.2, -0.15) is 10.2 Å². The number of hydrogen-bond donors (Lipinski definition) is 1. The van der Waals surface area contributed by atoms with Crippen LogP contribution in [-0.4, -0.2) is 40.0 Å². The molecule has 0 spiro atoms. The van der Waals surface area contributed by atoms with Crippen molar-refractivity contribution in [3.63, 3.8) is 0 Å². The summed E-state index contributed by atoms with van der Waals surface area (Å²) in [5, 5.41) is 10.2. The van der Waals surface area contributed by atoms with Crippen LogP contribution in [0.15, 0.2) is 36.7 Å². The summed E-state index contributed by atoms with van der Waals surface area (Å²) in [6.07, 6.45) is 5.02. The number of aryl methyl sites for hydroxylation is 1. The molecule has 2 aromatic rings. The third kappa shape index (κ3) is 3.36. The first-order chi connectivity index (χ1) is 11.1. The zero-order valence-electron chi connectivity index (χ0n) is 13.0. The molecule has 2 heterocycles. The number of amides is 2. The van der Waals surface area contributed by atoms with E-state index >= 15 is 0 Å². The lowest BCUT2D eigenvalue weighted by atomic mass is 10.1. The Kier molecular flexibility index (Phi) is 4.32. The van der Waals surface area contributed by atoms with Gasteiger partial charge in [0.05, 0.1) is 18.0 Å². The highest BCUT2D eigenvalue weighted by atomic mass is 16.2. The predicted octanol–water partition coefficient (Wildman–Crippen LogP) is 2.27. The molecule has 1 aromatic heterocycles. The highest BCUT2D eigenvalue weighted by molar-refractivity contribution is 6.04. The monoisotopic (exact) mass is 310 g/mol. The van der Waals surface area contributed by atoms with Gasteiger partial charge in [-0.15, -0.1) is 0 Å². The summed E-state index contributed by atoms with van der Waals surface area (Å²) in [7, 11) is 0. The van der Waals surface area contributed by atoms with E-state index in [0.717, 1.165) is 31.5 Å². The van der Waals surface area contributed by atoms with E-state index in [9.17, 15) is 9.59 Å². The molecule has 1 aromatic carbocycles.